The van der Waals surface area contributed by atoms with Crippen molar-refractivity contribution >= 4 is 23.3 Å². The lowest BCUT2D eigenvalue weighted by atomic mass is 10.1. The third-order valence-electron chi connectivity index (χ3n) is 4.82. The van der Waals surface area contributed by atoms with Crippen molar-refractivity contribution in [3.8, 4) is 11.5 Å². The van der Waals surface area contributed by atoms with Crippen molar-refractivity contribution in [3.63, 3.8) is 0 Å². The number of methoxy groups -OCH3 is 2. The summed E-state index contributed by atoms with van der Waals surface area (Å²) >= 11 is 0. The summed E-state index contributed by atoms with van der Waals surface area (Å²) in [5.41, 5.74) is 2.49. The van der Waals surface area contributed by atoms with Gasteiger partial charge in [0.15, 0.2) is 6.61 Å². The normalized spacial score (nSPS) is 13.1. The van der Waals surface area contributed by atoms with Gasteiger partial charge in [0, 0.05) is 36.1 Å². The van der Waals surface area contributed by atoms with Crippen LogP contribution in [0, 0.1) is 0 Å². The number of nitrogens with one attached hydrogen (secondary N) is 1. The van der Waals surface area contributed by atoms with Crippen LogP contribution in [0.2, 0.25) is 0 Å². The summed E-state index contributed by atoms with van der Waals surface area (Å²) in [6, 6.07) is 12.9. The van der Waals surface area contributed by atoms with E-state index in [1.165, 1.54) is 20.0 Å². The minimum absolute atomic E-state index is 0.00494. The van der Waals surface area contributed by atoms with E-state index < -0.39 is 5.97 Å². The Morgan fingerprint density at radius 3 is 2.38 bits per heavy atom. The van der Waals surface area contributed by atoms with E-state index in [0.29, 0.717) is 22.7 Å². The molecule has 0 aliphatic carbocycles. The molecule has 3 rings (SSSR count). The molecule has 0 radical (unpaired) electrons. The van der Waals surface area contributed by atoms with Crippen LogP contribution in [0.5, 0.6) is 11.5 Å². The summed E-state index contributed by atoms with van der Waals surface area (Å²) in [6.45, 7) is 1.80. The van der Waals surface area contributed by atoms with Gasteiger partial charge in [0.05, 0.1) is 20.6 Å². The molecule has 29 heavy (non-hydrogen) atoms. The molecule has 2 aromatic rings. The second-order valence-electron chi connectivity index (χ2n) is 6.80. The van der Waals surface area contributed by atoms with Gasteiger partial charge in [0.1, 0.15) is 11.5 Å². The van der Waals surface area contributed by atoms with Crippen LogP contribution in [-0.2, 0) is 20.7 Å². The molecule has 1 fully saturated rings. The molecule has 1 heterocycles. The Morgan fingerprint density at radius 1 is 1.00 bits per heavy atom. The van der Waals surface area contributed by atoms with E-state index in [1.807, 2.05) is 24.3 Å². The zero-order valence-electron chi connectivity index (χ0n) is 16.8. The number of anilines is 2. The maximum absolute atomic E-state index is 12.1. The van der Waals surface area contributed by atoms with E-state index in [-0.39, 0.29) is 18.9 Å². The summed E-state index contributed by atoms with van der Waals surface area (Å²) in [5.74, 6) is 0.278. The van der Waals surface area contributed by atoms with Crippen molar-refractivity contribution in [1.82, 2.24) is 0 Å². The molecular formula is C22H26N2O5. The Balaban J connectivity index is 1.47. The van der Waals surface area contributed by atoms with Crippen LogP contribution < -0.4 is 19.7 Å². The fraction of sp³-hybridized carbons (Fsp3) is 0.364. The number of hydrogen-bond donors (Lipinski definition) is 1. The van der Waals surface area contributed by atoms with Gasteiger partial charge in [0.25, 0.3) is 5.91 Å². The average Bonchev–Trinajstić information content (AvgIpc) is 3.28. The van der Waals surface area contributed by atoms with E-state index in [1.54, 1.807) is 25.3 Å². The van der Waals surface area contributed by atoms with Gasteiger partial charge in [-0.05, 0) is 43.2 Å². The predicted octanol–water partition coefficient (Wildman–Crippen LogP) is 3.03. The van der Waals surface area contributed by atoms with Crippen molar-refractivity contribution in [2.24, 2.45) is 0 Å². The third kappa shape index (κ3) is 5.63. The van der Waals surface area contributed by atoms with Crippen LogP contribution in [0.4, 0.5) is 11.4 Å². The number of nitrogens with zero attached hydrogens (tertiary/aromatic N) is 1. The number of carbonyl (C=O) groups is 2. The molecule has 2 aromatic carbocycles. The molecule has 0 unspecified atom stereocenters. The van der Waals surface area contributed by atoms with Gasteiger partial charge in [-0.25, -0.2) is 0 Å². The van der Waals surface area contributed by atoms with E-state index in [9.17, 15) is 9.59 Å². The number of rotatable bonds is 8. The zero-order chi connectivity index (χ0) is 20.6. The molecule has 1 N–H and O–H groups in total. The summed E-state index contributed by atoms with van der Waals surface area (Å²) < 4.78 is 15.5. The topological polar surface area (TPSA) is 77.1 Å². The van der Waals surface area contributed by atoms with Gasteiger partial charge < -0.3 is 24.4 Å². The number of amides is 1. The van der Waals surface area contributed by atoms with Crippen molar-refractivity contribution in [2.45, 2.75) is 19.3 Å². The molecule has 1 aliphatic heterocycles. The minimum Gasteiger partial charge on any atom is -0.497 e. The van der Waals surface area contributed by atoms with Crippen molar-refractivity contribution in [3.05, 3.63) is 48.0 Å². The first-order valence-electron chi connectivity index (χ1n) is 9.60. The number of esters is 1. The summed E-state index contributed by atoms with van der Waals surface area (Å²) in [5, 5.41) is 2.74. The fourth-order valence-electron chi connectivity index (χ4n) is 3.28. The van der Waals surface area contributed by atoms with E-state index in [4.69, 9.17) is 14.2 Å². The van der Waals surface area contributed by atoms with Gasteiger partial charge in [-0.15, -0.1) is 0 Å². The zero-order valence-corrected chi connectivity index (χ0v) is 16.8. The molecule has 0 spiro atoms. The molecule has 0 atom stereocenters. The lowest BCUT2D eigenvalue weighted by Crippen LogP contribution is -2.22. The SMILES string of the molecule is COc1ccc(CC(=O)OCC(=O)Nc2ccc(N3CCCC3)cc2)c(OC)c1. The average molecular weight is 398 g/mol. The number of ether oxygens (including phenoxy) is 3. The fourth-order valence-corrected chi connectivity index (χ4v) is 3.28. The van der Waals surface area contributed by atoms with Gasteiger partial charge >= 0.3 is 5.97 Å². The number of benzene rings is 2. The first-order chi connectivity index (χ1) is 14.1. The van der Waals surface area contributed by atoms with E-state index in [0.717, 1.165) is 18.8 Å². The molecule has 0 saturated carbocycles. The van der Waals surface area contributed by atoms with E-state index in [2.05, 4.69) is 10.2 Å². The van der Waals surface area contributed by atoms with Crippen molar-refractivity contribution in [1.29, 1.82) is 0 Å². The standard InChI is InChI=1S/C22H26N2O5/c1-27-19-10-5-16(20(14-19)28-2)13-22(26)29-15-21(25)23-17-6-8-18(9-7-17)24-11-3-4-12-24/h5-10,14H,3-4,11-13,15H2,1-2H3,(H,23,25). The second kappa shape index (κ2) is 9.82. The number of hydrogen-bond acceptors (Lipinski definition) is 6. The second-order valence-corrected chi connectivity index (χ2v) is 6.80. The maximum atomic E-state index is 12.1. The largest absolute Gasteiger partial charge is 0.497 e. The Labute approximate surface area is 170 Å². The van der Waals surface area contributed by atoms with Gasteiger partial charge in [0.2, 0.25) is 0 Å². The highest BCUT2D eigenvalue weighted by Gasteiger charge is 2.14. The van der Waals surface area contributed by atoms with Crippen LogP contribution in [0.25, 0.3) is 0 Å². The Morgan fingerprint density at radius 2 is 1.72 bits per heavy atom. The molecule has 7 nitrogen and oxygen atoms in total. The van der Waals surface area contributed by atoms with Crippen LogP contribution in [0.15, 0.2) is 42.5 Å². The third-order valence-corrected chi connectivity index (χ3v) is 4.82. The monoisotopic (exact) mass is 398 g/mol. The summed E-state index contributed by atoms with van der Waals surface area (Å²) in [4.78, 5) is 26.5. The molecule has 154 valence electrons. The highest BCUT2D eigenvalue weighted by atomic mass is 16.5. The van der Waals surface area contributed by atoms with Crippen molar-refractivity contribution < 1.29 is 23.8 Å². The van der Waals surface area contributed by atoms with E-state index >= 15 is 0 Å². The highest BCUT2D eigenvalue weighted by Crippen LogP contribution is 2.25. The minimum atomic E-state index is -0.506. The lowest BCUT2D eigenvalue weighted by Gasteiger charge is -2.17. The van der Waals surface area contributed by atoms with Crippen LogP contribution in [0.3, 0.4) is 0 Å². The van der Waals surface area contributed by atoms with Gasteiger partial charge in [-0.3, -0.25) is 9.59 Å². The van der Waals surface area contributed by atoms with Gasteiger partial charge in [-0.2, -0.15) is 0 Å². The molecule has 1 saturated heterocycles. The molecule has 0 aromatic heterocycles. The lowest BCUT2D eigenvalue weighted by molar-refractivity contribution is -0.146. The Kier molecular flexibility index (Phi) is 6.94. The first-order valence-corrected chi connectivity index (χ1v) is 9.60. The number of carbonyl (C=O) groups excluding carboxylic acids is 2. The molecule has 1 amide bonds. The quantitative estimate of drug-likeness (QED) is 0.689. The Hall–Kier alpha value is -3.22. The Bertz CT molecular complexity index is 845. The summed E-state index contributed by atoms with van der Waals surface area (Å²) in [6.07, 6.45) is 2.43. The maximum Gasteiger partial charge on any atom is 0.310 e. The van der Waals surface area contributed by atoms with Gasteiger partial charge in [-0.1, -0.05) is 6.07 Å². The molecular weight excluding hydrogens is 372 g/mol. The highest BCUT2D eigenvalue weighted by molar-refractivity contribution is 5.93. The predicted molar refractivity (Wildman–Crippen MR) is 111 cm³/mol. The van der Waals surface area contributed by atoms with Crippen LogP contribution >= 0.6 is 0 Å². The molecule has 7 heteroatoms. The van der Waals surface area contributed by atoms with Crippen LogP contribution in [-0.4, -0.2) is 45.8 Å². The van der Waals surface area contributed by atoms with Crippen LogP contribution in [0.1, 0.15) is 18.4 Å². The first kappa shape index (κ1) is 20.5. The summed E-state index contributed by atoms with van der Waals surface area (Å²) in [7, 11) is 3.08. The van der Waals surface area contributed by atoms with Crippen molar-refractivity contribution in [2.75, 3.05) is 44.1 Å². The molecule has 1 aliphatic rings. The smallest absolute Gasteiger partial charge is 0.310 e. The molecule has 0 bridgehead atoms.